The summed E-state index contributed by atoms with van der Waals surface area (Å²) in [5, 5.41) is 0. The Morgan fingerprint density at radius 3 is 2.44 bits per heavy atom. The number of nitrogens with two attached hydrogens (primary N) is 1. The molecule has 0 atom stereocenters. The zero-order valence-electron chi connectivity index (χ0n) is 10.6. The molecule has 0 unspecified atom stereocenters. The molecule has 2 aliphatic rings. The van der Waals surface area contributed by atoms with Gasteiger partial charge in [0, 0.05) is 31.3 Å². The van der Waals surface area contributed by atoms with Crippen molar-refractivity contribution in [2.24, 2.45) is 5.73 Å². The van der Waals surface area contributed by atoms with E-state index < -0.39 is 0 Å². The summed E-state index contributed by atoms with van der Waals surface area (Å²) < 4.78 is 5.41. The van der Waals surface area contributed by atoms with Crippen LogP contribution in [0.25, 0.3) is 0 Å². The molecule has 1 saturated carbocycles. The minimum absolute atomic E-state index is 0.0108. The molecular formula is C13H26N2O. The van der Waals surface area contributed by atoms with Crippen LogP contribution < -0.4 is 5.73 Å². The van der Waals surface area contributed by atoms with E-state index in [4.69, 9.17) is 10.5 Å². The van der Waals surface area contributed by atoms with E-state index in [9.17, 15) is 0 Å². The first-order valence-corrected chi connectivity index (χ1v) is 6.84. The third-order valence-electron chi connectivity index (χ3n) is 4.25. The van der Waals surface area contributed by atoms with Gasteiger partial charge in [0.15, 0.2) is 0 Å². The first-order chi connectivity index (χ1) is 7.73. The van der Waals surface area contributed by atoms with Gasteiger partial charge in [-0.05, 0) is 32.2 Å². The summed E-state index contributed by atoms with van der Waals surface area (Å²) in [6.45, 7) is 6.17. The van der Waals surface area contributed by atoms with Crippen molar-refractivity contribution in [3.05, 3.63) is 0 Å². The molecule has 1 heterocycles. The Bertz CT molecular complexity index is 208. The first-order valence-electron chi connectivity index (χ1n) is 6.84. The first kappa shape index (κ1) is 12.3. The molecule has 0 aromatic heterocycles. The summed E-state index contributed by atoms with van der Waals surface area (Å²) in [7, 11) is 0. The molecule has 0 aromatic rings. The monoisotopic (exact) mass is 226 g/mol. The highest BCUT2D eigenvalue weighted by atomic mass is 16.5. The van der Waals surface area contributed by atoms with Crippen LogP contribution in [0.1, 0.15) is 45.4 Å². The molecule has 3 nitrogen and oxygen atoms in total. The number of likely N-dealkylation sites (N-methyl/N-ethyl adjacent to an activating group) is 1. The van der Waals surface area contributed by atoms with E-state index in [1.54, 1.807) is 0 Å². The van der Waals surface area contributed by atoms with E-state index in [0.29, 0.717) is 0 Å². The maximum Gasteiger partial charge on any atom is 0.0484 e. The van der Waals surface area contributed by atoms with Crippen LogP contribution in [0.5, 0.6) is 0 Å². The van der Waals surface area contributed by atoms with Crippen molar-refractivity contribution in [2.75, 3.05) is 26.3 Å². The fourth-order valence-corrected chi connectivity index (χ4v) is 3.11. The summed E-state index contributed by atoms with van der Waals surface area (Å²) in [5.74, 6) is 0. The van der Waals surface area contributed by atoms with E-state index in [1.165, 1.54) is 25.7 Å². The van der Waals surface area contributed by atoms with Crippen LogP contribution in [0.3, 0.4) is 0 Å². The second-order valence-corrected chi connectivity index (χ2v) is 5.48. The quantitative estimate of drug-likeness (QED) is 0.794. The van der Waals surface area contributed by atoms with Crippen LogP contribution in [-0.2, 0) is 4.74 Å². The van der Waals surface area contributed by atoms with Crippen molar-refractivity contribution < 1.29 is 4.74 Å². The van der Waals surface area contributed by atoms with E-state index in [0.717, 1.165) is 45.2 Å². The van der Waals surface area contributed by atoms with Crippen molar-refractivity contribution in [1.82, 2.24) is 4.90 Å². The molecule has 0 aromatic carbocycles. The smallest absolute Gasteiger partial charge is 0.0484 e. The van der Waals surface area contributed by atoms with Gasteiger partial charge in [-0.2, -0.15) is 0 Å². The largest absolute Gasteiger partial charge is 0.381 e. The van der Waals surface area contributed by atoms with E-state index in [1.807, 2.05) is 0 Å². The molecule has 3 heteroatoms. The summed E-state index contributed by atoms with van der Waals surface area (Å²) in [5.41, 5.74) is 6.49. The Morgan fingerprint density at radius 2 is 1.88 bits per heavy atom. The Labute approximate surface area is 99.3 Å². The van der Waals surface area contributed by atoms with Crippen LogP contribution in [0.2, 0.25) is 0 Å². The number of nitrogens with zero attached hydrogens (tertiary/aromatic N) is 1. The lowest BCUT2D eigenvalue weighted by molar-refractivity contribution is 0.0316. The van der Waals surface area contributed by atoms with Gasteiger partial charge in [0.2, 0.25) is 0 Å². The van der Waals surface area contributed by atoms with Crippen molar-refractivity contribution in [1.29, 1.82) is 0 Å². The van der Waals surface area contributed by atoms with Gasteiger partial charge in [-0.1, -0.05) is 19.8 Å². The maximum absolute atomic E-state index is 6.48. The molecule has 0 radical (unpaired) electrons. The predicted molar refractivity (Wildman–Crippen MR) is 66.5 cm³/mol. The van der Waals surface area contributed by atoms with Crippen LogP contribution in [0, 0.1) is 0 Å². The van der Waals surface area contributed by atoms with Gasteiger partial charge in [0.1, 0.15) is 0 Å². The molecule has 2 fully saturated rings. The zero-order chi connectivity index (χ0) is 11.4. The molecule has 0 bridgehead atoms. The van der Waals surface area contributed by atoms with Crippen LogP contribution in [0.4, 0.5) is 0 Å². The lowest BCUT2D eigenvalue weighted by Gasteiger charge is -2.40. The fraction of sp³-hybridized carbons (Fsp3) is 1.00. The van der Waals surface area contributed by atoms with E-state index in [-0.39, 0.29) is 5.54 Å². The van der Waals surface area contributed by atoms with Gasteiger partial charge < -0.3 is 10.5 Å². The van der Waals surface area contributed by atoms with Crippen molar-refractivity contribution >= 4 is 0 Å². The average molecular weight is 226 g/mol. The number of hydrogen-bond donors (Lipinski definition) is 1. The maximum atomic E-state index is 6.48. The van der Waals surface area contributed by atoms with Gasteiger partial charge in [-0.25, -0.2) is 0 Å². The summed E-state index contributed by atoms with van der Waals surface area (Å²) >= 11 is 0. The number of rotatable bonds is 4. The zero-order valence-corrected chi connectivity index (χ0v) is 10.6. The van der Waals surface area contributed by atoms with Gasteiger partial charge >= 0.3 is 0 Å². The van der Waals surface area contributed by atoms with Crippen molar-refractivity contribution in [3.8, 4) is 0 Å². The summed E-state index contributed by atoms with van der Waals surface area (Å²) in [4.78, 5) is 2.61. The van der Waals surface area contributed by atoms with Crippen LogP contribution in [-0.4, -0.2) is 42.8 Å². The third-order valence-corrected chi connectivity index (χ3v) is 4.25. The Balaban J connectivity index is 1.89. The van der Waals surface area contributed by atoms with Gasteiger partial charge in [0.05, 0.1) is 0 Å². The normalized spacial score (nSPS) is 26.4. The van der Waals surface area contributed by atoms with Gasteiger partial charge in [-0.15, -0.1) is 0 Å². The molecule has 16 heavy (non-hydrogen) atoms. The molecule has 2 rings (SSSR count). The molecule has 94 valence electrons. The average Bonchev–Trinajstić information content (AvgIpc) is 2.80. The molecular weight excluding hydrogens is 200 g/mol. The topological polar surface area (TPSA) is 38.5 Å². The van der Waals surface area contributed by atoms with Crippen LogP contribution >= 0.6 is 0 Å². The number of hydrogen-bond acceptors (Lipinski definition) is 3. The van der Waals surface area contributed by atoms with Crippen molar-refractivity contribution in [3.63, 3.8) is 0 Å². The predicted octanol–water partition coefficient (Wildman–Crippen LogP) is 1.76. The second-order valence-electron chi connectivity index (χ2n) is 5.48. The van der Waals surface area contributed by atoms with Crippen molar-refractivity contribution in [2.45, 2.75) is 57.0 Å². The second kappa shape index (κ2) is 5.48. The molecule has 1 saturated heterocycles. The SMILES string of the molecule is CCN(CC1(N)CCOCC1)C1CCCC1. The highest BCUT2D eigenvalue weighted by Crippen LogP contribution is 2.26. The Hall–Kier alpha value is -0.120. The standard InChI is InChI=1S/C13H26N2O/c1-2-15(12-5-3-4-6-12)11-13(14)7-9-16-10-8-13/h12H,2-11,14H2,1H3. The molecule has 2 N–H and O–H groups in total. The summed E-state index contributed by atoms with van der Waals surface area (Å²) in [6.07, 6.45) is 7.61. The van der Waals surface area contributed by atoms with Gasteiger partial charge in [-0.3, -0.25) is 4.90 Å². The third kappa shape index (κ3) is 2.96. The Morgan fingerprint density at radius 1 is 1.25 bits per heavy atom. The number of ether oxygens (including phenoxy) is 1. The van der Waals surface area contributed by atoms with E-state index in [2.05, 4.69) is 11.8 Å². The highest BCUT2D eigenvalue weighted by molar-refractivity contribution is 4.91. The molecule has 0 amide bonds. The Kier molecular flexibility index (Phi) is 4.22. The van der Waals surface area contributed by atoms with Crippen LogP contribution in [0.15, 0.2) is 0 Å². The highest BCUT2D eigenvalue weighted by Gasteiger charge is 2.32. The minimum atomic E-state index is 0.0108. The molecule has 1 aliphatic carbocycles. The van der Waals surface area contributed by atoms with Gasteiger partial charge in [0.25, 0.3) is 0 Å². The lowest BCUT2D eigenvalue weighted by atomic mass is 9.90. The fourth-order valence-electron chi connectivity index (χ4n) is 3.11. The molecule has 1 aliphatic heterocycles. The van der Waals surface area contributed by atoms with E-state index >= 15 is 0 Å². The minimum Gasteiger partial charge on any atom is -0.381 e. The summed E-state index contributed by atoms with van der Waals surface area (Å²) in [6, 6.07) is 0.799. The lowest BCUT2D eigenvalue weighted by Crippen LogP contribution is -2.55. The molecule has 0 spiro atoms.